The van der Waals surface area contributed by atoms with Crippen LogP contribution in [0.2, 0.25) is 0 Å². The molecule has 2 bridgehead atoms. The zero-order valence-corrected chi connectivity index (χ0v) is 10.4. The van der Waals surface area contributed by atoms with Crippen molar-refractivity contribution < 1.29 is 4.39 Å². The second-order valence-corrected chi connectivity index (χ2v) is 5.43. The fourth-order valence-electron chi connectivity index (χ4n) is 3.21. The first-order valence-electron chi connectivity index (χ1n) is 6.38. The highest BCUT2D eigenvalue weighted by molar-refractivity contribution is 5.73. The third-order valence-electron chi connectivity index (χ3n) is 3.97. The topological polar surface area (TPSA) is 3.24 Å². The summed E-state index contributed by atoms with van der Waals surface area (Å²) in [7, 11) is 0. The van der Waals surface area contributed by atoms with Crippen LogP contribution in [0.25, 0.3) is 5.57 Å². The van der Waals surface area contributed by atoms with Crippen molar-refractivity contribution in [2.75, 3.05) is 6.54 Å². The van der Waals surface area contributed by atoms with Crippen molar-refractivity contribution in [3.8, 4) is 0 Å². The summed E-state index contributed by atoms with van der Waals surface area (Å²) >= 11 is 0. The van der Waals surface area contributed by atoms with Crippen molar-refractivity contribution in [2.24, 2.45) is 5.92 Å². The van der Waals surface area contributed by atoms with Crippen LogP contribution < -0.4 is 0 Å². The lowest BCUT2D eigenvalue weighted by molar-refractivity contribution is 0.231. The van der Waals surface area contributed by atoms with Crippen molar-refractivity contribution in [3.63, 3.8) is 0 Å². The molecule has 1 saturated heterocycles. The fraction of sp³-hybridized carbons (Fsp3) is 0.467. The Morgan fingerprint density at radius 3 is 2.82 bits per heavy atom. The van der Waals surface area contributed by atoms with E-state index in [0.717, 1.165) is 5.56 Å². The molecular weight excluding hydrogens is 213 g/mol. The average molecular weight is 231 g/mol. The van der Waals surface area contributed by atoms with Gasteiger partial charge in [-0.25, -0.2) is 4.39 Å². The minimum atomic E-state index is -0.137. The van der Waals surface area contributed by atoms with E-state index in [9.17, 15) is 4.39 Å². The molecule has 1 nitrogen and oxygen atoms in total. The summed E-state index contributed by atoms with van der Waals surface area (Å²) in [4.78, 5) is 2.53. The Kier molecular flexibility index (Phi) is 2.55. The van der Waals surface area contributed by atoms with Gasteiger partial charge in [0, 0.05) is 18.6 Å². The maximum absolute atomic E-state index is 13.3. The predicted octanol–water partition coefficient (Wildman–Crippen LogP) is 3.32. The van der Waals surface area contributed by atoms with Crippen molar-refractivity contribution in [3.05, 3.63) is 41.7 Å². The van der Waals surface area contributed by atoms with Crippen LogP contribution in [0.3, 0.4) is 0 Å². The van der Waals surface area contributed by atoms with E-state index in [1.165, 1.54) is 24.6 Å². The second kappa shape index (κ2) is 3.95. The number of halogens is 1. The van der Waals surface area contributed by atoms with Crippen LogP contribution >= 0.6 is 0 Å². The van der Waals surface area contributed by atoms with Gasteiger partial charge in [-0.15, -0.1) is 0 Å². The monoisotopic (exact) mass is 231 g/mol. The second-order valence-electron chi connectivity index (χ2n) is 5.43. The number of benzene rings is 1. The molecule has 1 fully saturated rings. The van der Waals surface area contributed by atoms with Gasteiger partial charge in [-0.2, -0.15) is 0 Å². The minimum Gasteiger partial charge on any atom is -0.293 e. The van der Waals surface area contributed by atoms with Crippen LogP contribution in [0.5, 0.6) is 0 Å². The lowest BCUT2D eigenvalue weighted by atomic mass is 9.99. The molecule has 0 N–H and O–H groups in total. The molecule has 1 heterocycles. The molecule has 17 heavy (non-hydrogen) atoms. The number of likely N-dealkylation sites (tertiary alicyclic amines) is 1. The number of hydrogen-bond acceptors (Lipinski definition) is 1. The van der Waals surface area contributed by atoms with E-state index in [2.05, 4.69) is 24.8 Å². The zero-order valence-electron chi connectivity index (χ0n) is 10.4. The summed E-state index contributed by atoms with van der Waals surface area (Å²) in [6.07, 6.45) is 3.56. The van der Waals surface area contributed by atoms with E-state index in [-0.39, 0.29) is 5.82 Å². The maximum atomic E-state index is 13.3. The molecule has 3 rings (SSSR count). The van der Waals surface area contributed by atoms with Gasteiger partial charge in [0.2, 0.25) is 0 Å². The average Bonchev–Trinajstić information content (AvgIpc) is 2.88. The Morgan fingerprint density at radius 1 is 1.35 bits per heavy atom. The van der Waals surface area contributed by atoms with Crippen LogP contribution in [0.15, 0.2) is 30.3 Å². The molecule has 0 spiro atoms. The van der Waals surface area contributed by atoms with Crippen LogP contribution in [0, 0.1) is 11.7 Å². The number of nitrogens with zero attached hydrogens (tertiary/aromatic N) is 1. The summed E-state index contributed by atoms with van der Waals surface area (Å²) in [5.41, 5.74) is 2.39. The Hall–Kier alpha value is -1.15. The molecule has 2 unspecified atom stereocenters. The third-order valence-corrected chi connectivity index (χ3v) is 3.97. The highest BCUT2D eigenvalue weighted by atomic mass is 19.1. The van der Waals surface area contributed by atoms with Crippen molar-refractivity contribution in [1.82, 2.24) is 4.90 Å². The minimum absolute atomic E-state index is 0.137. The van der Waals surface area contributed by atoms with Crippen molar-refractivity contribution in [1.29, 1.82) is 0 Å². The lowest BCUT2D eigenvalue weighted by Gasteiger charge is -2.31. The Morgan fingerprint density at radius 2 is 2.18 bits per heavy atom. The van der Waals surface area contributed by atoms with Crippen LogP contribution in [-0.4, -0.2) is 23.5 Å². The summed E-state index contributed by atoms with van der Waals surface area (Å²) < 4.78 is 13.3. The molecule has 0 aromatic heterocycles. The molecular formula is C15H18FN. The first kappa shape index (κ1) is 11.0. The van der Waals surface area contributed by atoms with E-state index in [0.29, 0.717) is 18.0 Å². The molecule has 1 aromatic carbocycles. The third kappa shape index (κ3) is 1.81. The zero-order chi connectivity index (χ0) is 12.0. The Labute approximate surface area is 102 Å². The summed E-state index contributed by atoms with van der Waals surface area (Å²) in [6, 6.07) is 8.07. The van der Waals surface area contributed by atoms with Gasteiger partial charge in [0.15, 0.2) is 0 Å². The normalized spacial score (nSPS) is 27.9. The van der Waals surface area contributed by atoms with Gasteiger partial charge in [0.05, 0.1) is 0 Å². The Balaban J connectivity index is 1.93. The number of rotatable bonds is 2. The van der Waals surface area contributed by atoms with Crippen LogP contribution in [0.1, 0.15) is 25.8 Å². The summed E-state index contributed by atoms with van der Waals surface area (Å²) in [5, 5.41) is 0. The molecule has 90 valence electrons. The molecule has 1 aliphatic heterocycles. The van der Waals surface area contributed by atoms with E-state index >= 15 is 0 Å². The van der Waals surface area contributed by atoms with Crippen LogP contribution in [-0.2, 0) is 0 Å². The van der Waals surface area contributed by atoms with Gasteiger partial charge in [-0.05, 0) is 49.5 Å². The lowest BCUT2D eigenvalue weighted by Crippen LogP contribution is -2.37. The number of hydrogen-bond donors (Lipinski definition) is 0. The molecule has 1 aromatic rings. The molecule has 2 atom stereocenters. The SMILES string of the molecule is CC(C)N1CC2C=C(c3cccc(F)c3)C1C2. The van der Waals surface area contributed by atoms with E-state index in [1.54, 1.807) is 12.1 Å². The Bertz CT molecular complexity index is 464. The molecule has 0 amide bonds. The molecule has 0 radical (unpaired) electrons. The smallest absolute Gasteiger partial charge is 0.123 e. The highest BCUT2D eigenvalue weighted by Crippen LogP contribution is 2.42. The van der Waals surface area contributed by atoms with Gasteiger partial charge in [-0.1, -0.05) is 18.2 Å². The van der Waals surface area contributed by atoms with Gasteiger partial charge in [0.25, 0.3) is 0 Å². The number of fused-ring (bicyclic) bond motifs is 2. The first-order valence-corrected chi connectivity index (χ1v) is 6.38. The molecule has 0 saturated carbocycles. The quantitative estimate of drug-likeness (QED) is 0.754. The molecule has 2 aliphatic rings. The van der Waals surface area contributed by atoms with Crippen molar-refractivity contribution in [2.45, 2.75) is 32.4 Å². The van der Waals surface area contributed by atoms with Gasteiger partial charge < -0.3 is 0 Å². The summed E-state index contributed by atoms with van der Waals surface area (Å²) in [5.74, 6) is 0.530. The van der Waals surface area contributed by atoms with Crippen LogP contribution in [0.4, 0.5) is 4.39 Å². The maximum Gasteiger partial charge on any atom is 0.123 e. The van der Waals surface area contributed by atoms with Gasteiger partial charge >= 0.3 is 0 Å². The highest BCUT2D eigenvalue weighted by Gasteiger charge is 2.40. The van der Waals surface area contributed by atoms with Crippen molar-refractivity contribution >= 4 is 5.57 Å². The van der Waals surface area contributed by atoms with Gasteiger partial charge in [0.1, 0.15) is 5.82 Å². The van der Waals surface area contributed by atoms with E-state index in [1.807, 2.05) is 6.07 Å². The molecule has 1 aliphatic carbocycles. The summed E-state index contributed by atoms with van der Waals surface area (Å²) in [6.45, 7) is 5.65. The first-order chi connectivity index (χ1) is 8.15. The molecule has 2 heteroatoms. The van der Waals surface area contributed by atoms with Gasteiger partial charge in [-0.3, -0.25) is 4.90 Å². The predicted molar refractivity (Wildman–Crippen MR) is 68.1 cm³/mol. The fourth-order valence-corrected chi connectivity index (χ4v) is 3.21. The van der Waals surface area contributed by atoms with E-state index in [4.69, 9.17) is 0 Å². The standard InChI is InChI=1S/C15H18FN/c1-10(2)17-9-11-6-14(15(17)7-11)12-4-3-5-13(16)8-12/h3-6,8,10-11,15H,7,9H2,1-2H3. The van der Waals surface area contributed by atoms with E-state index < -0.39 is 0 Å². The largest absolute Gasteiger partial charge is 0.293 e.